The molecule has 2 bridgehead atoms. The van der Waals surface area contributed by atoms with Gasteiger partial charge in [0.05, 0.1) is 11.8 Å². The van der Waals surface area contributed by atoms with Gasteiger partial charge in [-0.3, -0.25) is 9.59 Å². The smallest absolute Gasteiger partial charge is 0.226 e. The van der Waals surface area contributed by atoms with Crippen LogP contribution in [0.5, 0.6) is 0 Å². The summed E-state index contributed by atoms with van der Waals surface area (Å²) in [7, 11) is 7.13. The third-order valence-corrected chi connectivity index (χ3v) is 4.37. The van der Waals surface area contributed by atoms with Crippen molar-refractivity contribution in [1.29, 1.82) is 0 Å². The first-order valence-electron chi connectivity index (χ1n) is 6.35. The second-order valence-electron chi connectivity index (χ2n) is 5.85. The zero-order valence-electron chi connectivity index (χ0n) is 11.1. The maximum absolute atomic E-state index is 12.2. The molecule has 96 valence electrons. The molecule has 2 aliphatic carbocycles. The van der Waals surface area contributed by atoms with Crippen LogP contribution in [0.15, 0.2) is 0 Å². The first kappa shape index (κ1) is 12.4. The van der Waals surface area contributed by atoms with Crippen molar-refractivity contribution in [2.75, 3.05) is 28.2 Å². The zero-order valence-corrected chi connectivity index (χ0v) is 11.1. The maximum atomic E-state index is 12.2. The topological polar surface area (TPSA) is 40.6 Å². The average molecular weight is 238 g/mol. The van der Waals surface area contributed by atoms with Crippen molar-refractivity contribution in [1.82, 2.24) is 9.80 Å². The largest absolute Gasteiger partial charge is 0.349 e. The van der Waals surface area contributed by atoms with E-state index < -0.39 is 0 Å². The molecule has 0 unspecified atom stereocenters. The summed E-state index contributed by atoms with van der Waals surface area (Å²) in [4.78, 5) is 27.7. The molecular formula is C13H22N2O2. The third kappa shape index (κ3) is 1.94. The number of fused-ring (bicyclic) bond motifs is 2. The van der Waals surface area contributed by atoms with Crippen LogP contribution in [0.1, 0.15) is 19.3 Å². The Morgan fingerprint density at radius 3 is 1.47 bits per heavy atom. The van der Waals surface area contributed by atoms with Crippen molar-refractivity contribution in [3.8, 4) is 0 Å². The van der Waals surface area contributed by atoms with Crippen LogP contribution in [-0.2, 0) is 9.59 Å². The molecule has 2 aliphatic rings. The fourth-order valence-corrected chi connectivity index (χ4v) is 3.60. The van der Waals surface area contributed by atoms with Crippen molar-refractivity contribution < 1.29 is 9.59 Å². The summed E-state index contributed by atoms with van der Waals surface area (Å²) in [5.41, 5.74) is 0. The van der Waals surface area contributed by atoms with E-state index >= 15 is 0 Å². The van der Waals surface area contributed by atoms with Gasteiger partial charge in [0, 0.05) is 28.2 Å². The normalized spacial score (nSPS) is 34.8. The van der Waals surface area contributed by atoms with Crippen LogP contribution >= 0.6 is 0 Å². The summed E-state index contributed by atoms with van der Waals surface area (Å²) < 4.78 is 0. The van der Waals surface area contributed by atoms with Gasteiger partial charge in [-0.25, -0.2) is 0 Å². The third-order valence-electron chi connectivity index (χ3n) is 4.37. The lowest BCUT2D eigenvalue weighted by Crippen LogP contribution is -2.44. The molecule has 4 atom stereocenters. The van der Waals surface area contributed by atoms with Crippen molar-refractivity contribution in [2.24, 2.45) is 23.7 Å². The van der Waals surface area contributed by atoms with E-state index in [1.165, 1.54) is 0 Å². The Morgan fingerprint density at radius 1 is 0.824 bits per heavy atom. The van der Waals surface area contributed by atoms with E-state index in [0.717, 1.165) is 19.3 Å². The molecule has 0 heterocycles. The summed E-state index contributed by atoms with van der Waals surface area (Å²) in [6.45, 7) is 0. The van der Waals surface area contributed by atoms with E-state index in [2.05, 4.69) is 0 Å². The van der Waals surface area contributed by atoms with E-state index in [9.17, 15) is 9.59 Å². The maximum Gasteiger partial charge on any atom is 0.226 e. The average Bonchev–Trinajstić information content (AvgIpc) is 2.85. The lowest BCUT2D eigenvalue weighted by Gasteiger charge is -2.32. The minimum Gasteiger partial charge on any atom is -0.349 e. The SMILES string of the molecule is CN(C)C(=O)[C@@H]1[C@H]2CC[C@@H](C2)[C@@H]1C(=O)N(C)C. The van der Waals surface area contributed by atoms with Crippen LogP contribution in [0.2, 0.25) is 0 Å². The molecule has 0 radical (unpaired) electrons. The summed E-state index contributed by atoms with van der Waals surface area (Å²) in [5.74, 6) is 1.000. The van der Waals surface area contributed by atoms with Gasteiger partial charge in [0.1, 0.15) is 0 Å². The minimum absolute atomic E-state index is 0.0707. The summed E-state index contributed by atoms with van der Waals surface area (Å²) in [5, 5.41) is 0. The van der Waals surface area contributed by atoms with Gasteiger partial charge in [-0.15, -0.1) is 0 Å². The van der Waals surface area contributed by atoms with Gasteiger partial charge in [0.2, 0.25) is 11.8 Å². The zero-order chi connectivity index (χ0) is 12.7. The quantitative estimate of drug-likeness (QED) is 0.715. The van der Waals surface area contributed by atoms with Crippen molar-refractivity contribution >= 4 is 11.8 Å². The van der Waals surface area contributed by atoms with Crippen LogP contribution in [0.25, 0.3) is 0 Å². The van der Waals surface area contributed by atoms with Gasteiger partial charge in [0.15, 0.2) is 0 Å². The second kappa shape index (κ2) is 4.31. The summed E-state index contributed by atoms with van der Waals surface area (Å²) in [6, 6.07) is 0. The molecule has 2 rings (SSSR count). The Kier molecular flexibility index (Phi) is 3.15. The van der Waals surface area contributed by atoms with Crippen molar-refractivity contribution in [3.63, 3.8) is 0 Å². The summed E-state index contributed by atoms with van der Waals surface area (Å²) in [6.07, 6.45) is 3.30. The Hall–Kier alpha value is -1.06. The van der Waals surface area contributed by atoms with Gasteiger partial charge in [-0.1, -0.05) is 0 Å². The Bertz CT molecular complexity index is 306. The Balaban J connectivity index is 2.23. The Labute approximate surface area is 103 Å². The second-order valence-corrected chi connectivity index (χ2v) is 5.85. The molecule has 2 fully saturated rings. The van der Waals surface area contributed by atoms with Crippen LogP contribution in [-0.4, -0.2) is 49.8 Å². The highest BCUT2D eigenvalue weighted by atomic mass is 16.2. The molecule has 0 aromatic rings. The molecule has 0 saturated heterocycles. The summed E-state index contributed by atoms with van der Waals surface area (Å²) >= 11 is 0. The molecule has 4 heteroatoms. The highest BCUT2D eigenvalue weighted by Crippen LogP contribution is 2.53. The van der Waals surface area contributed by atoms with Gasteiger partial charge in [0.25, 0.3) is 0 Å². The predicted octanol–water partition coefficient (Wildman–Crippen LogP) is 0.825. The predicted molar refractivity (Wildman–Crippen MR) is 65.2 cm³/mol. The molecule has 0 aromatic carbocycles. The van der Waals surface area contributed by atoms with Crippen molar-refractivity contribution in [2.45, 2.75) is 19.3 Å². The van der Waals surface area contributed by atoms with Crippen LogP contribution in [0.4, 0.5) is 0 Å². The van der Waals surface area contributed by atoms with E-state index in [4.69, 9.17) is 0 Å². The van der Waals surface area contributed by atoms with Gasteiger partial charge in [-0.05, 0) is 31.1 Å². The highest BCUT2D eigenvalue weighted by Gasteiger charge is 2.54. The Morgan fingerprint density at radius 2 is 1.18 bits per heavy atom. The van der Waals surface area contributed by atoms with Gasteiger partial charge < -0.3 is 9.80 Å². The molecule has 0 aliphatic heterocycles. The fraction of sp³-hybridized carbons (Fsp3) is 0.846. The minimum atomic E-state index is -0.0707. The van der Waals surface area contributed by atoms with E-state index in [0.29, 0.717) is 11.8 Å². The number of hydrogen-bond acceptors (Lipinski definition) is 2. The van der Waals surface area contributed by atoms with E-state index in [1.54, 1.807) is 38.0 Å². The standard InChI is InChI=1S/C13H22N2O2/c1-14(2)12(16)10-8-5-6-9(7-8)11(10)13(17)15(3)4/h8-11H,5-7H2,1-4H3/t8-,9-,10-,11+/m0/s1. The first-order chi connectivity index (χ1) is 7.93. The van der Waals surface area contributed by atoms with Gasteiger partial charge in [-0.2, -0.15) is 0 Å². The number of hydrogen-bond donors (Lipinski definition) is 0. The van der Waals surface area contributed by atoms with Crippen LogP contribution in [0, 0.1) is 23.7 Å². The number of carbonyl (C=O) groups is 2. The lowest BCUT2D eigenvalue weighted by molar-refractivity contribution is -0.146. The lowest BCUT2D eigenvalue weighted by atomic mass is 9.77. The fourth-order valence-electron chi connectivity index (χ4n) is 3.60. The number of amides is 2. The van der Waals surface area contributed by atoms with E-state index in [1.807, 2.05) is 0 Å². The molecule has 0 aromatic heterocycles. The first-order valence-corrected chi connectivity index (χ1v) is 6.35. The van der Waals surface area contributed by atoms with Crippen molar-refractivity contribution in [3.05, 3.63) is 0 Å². The highest BCUT2D eigenvalue weighted by molar-refractivity contribution is 5.88. The van der Waals surface area contributed by atoms with E-state index in [-0.39, 0.29) is 23.7 Å². The number of carbonyl (C=O) groups excluding carboxylic acids is 2. The van der Waals surface area contributed by atoms with Crippen LogP contribution in [0.3, 0.4) is 0 Å². The molecule has 0 spiro atoms. The molecule has 2 saturated carbocycles. The molecule has 0 N–H and O–H groups in total. The van der Waals surface area contributed by atoms with Crippen LogP contribution < -0.4 is 0 Å². The molecule has 4 nitrogen and oxygen atoms in total. The molecule has 17 heavy (non-hydrogen) atoms. The van der Waals surface area contributed by atoms with Gasteiger partial charge >= 0.3 is 0 Å². The monoisotopic (exact) mass is 238 g/mol. The number of rotatable bonds is 2. The molecule has 2 amide bonds. The number of nitrogens with zero attached hydrogens (tertiary/aromatic N) is 2. The molecular weight excluding hydrogens is 216 g/mol.